The van der Waals surface area contributed by atoms with Gasteiger partial charge >= 0.3 is 0 Å². The van der Waals surface area contributed by atoms with E-state index in [1.165, 1.54) is 0 Å². The molecule has 0 spiro atoms. The van der Waals surface area contributed by atoms with E-state index in [4.69, 9.17) is 18.0 Å². The van der Waals surface area contributed by atoms with E-state index >= 15 is 0 Å². The van der Waals surface area contributed by atoms with E-state index in [-0.39, 0.29) is 16.3 Å². The quantitative estimate of drug-likeness (QED) is 0.728. The molecule has 0 radical (unpaired) electrons. The Morgan fingerprint density at radius 1 is 1.31 bits per heavy atom. The monoisotopic (exact) mass is 244 g/mol. The summed E-state index contributed by atoms with van der Waals surface area (Å²) in [4.78, 5) is 12.1. The molecule has 0 aliphatic rings. The van der Waals surface area contributed by atoms with Gasteiger partial charge < -0.3 is 11.1 Å². The van der Waals surface area contributed by atoms with Crippen molar-refractivity contribution in [3.8, 4) is 0 Å². The van der Waals surface area contributed by atoms with Gasteiger partial charge in [-0.05, 0) is 25.2 Å². The molecule has 3 N–H and O–H groups in total. The molecule has 0 saturated heterocycles. The molecule has 0 aromatic heterocycles. The predicted molar refractivity (Wildman–Crippen MR) is 72.2 cm³/mol. The van der Waals surface area contributed by atoms with E-state index in [9.17, 15) is 4.79 Å². The first-order chi connectivity index (χ1) is 7.01. The summed E-state index contributed by atoms with van der Waals surface area (Å²) in [5, 5.41) is 2.92. The number of hydrogen-bond acceptors (Lipinski definition) is 2. The minimum Gasteiger partial charge on any atom is -0.392 e. The summed E-state index contributed by atoms with van der Waals surface area (Å²) in [5.41, 5.74) is 4.84. The van der Waals surface area contributed by atoms with Crippen molar-refractivity contribution in [1.82, 2.24) is 5.32 Å². The maximum absolute atomic E-state index is 11.9. The van der Waals surface area contributed by atoms with Gasteiger partial charge in [-0.3, -0.25) is 4.79 Å². The van der Waals surface area contributed by atoms with E-state index in [1.54, 1.807) is 13.8 Å². The minimum atomic E-state index is -0.775. The highest BCUT2D eigenvalue weighted by atomic mass is 32.1. The lowest BCUT2D eigenvalue weighted by molar-refractivity contribution is -0.126. The van der Waals surface area contributed by atoms with Crippen LogP contribution in [0, 0.1) is 16.7 Å². The Labute approximate surface area is 104 Å². The molecule has 0 aliphatic heterocycles. The summed E-state index contributed by atoms with van der Waals surface area (Å²) in [7, 11) is 0. The Kier molecular flexibility index (Phi) is 4.92. The van der Waals surface area contributed by atoms with Crippen LogP contribution >= 0.6 is 12.2 Å². The number of carbonyl (C=O) groups is 1. The number of nitrogens with one attached hydrogen (secondary N) is 1. The summed E-state index contributed by atoms with van der Waals surface area (Å²) in [6.45, 7) is 12.7. The maximum atomic E-state index is 11.9. The summed E-state index contributed by atoms with van der Waals surface area (Å²) in [5.74, 6) is 0.398. The van der Waals surface area contributed by atoms with Gasteiger partial charge in [0.2, 0.25) is 5.91 Å². The fraction of sp³-hybridized carbons (Fsp3) is 0.833. The first kappa shape index (κ1) is 15.4. The van der Waals surface area contributed by atoms with E-state index in [2.05, 4.69) is 33.0 Å². The topological polar surface area (TPSA) is 55.1 Å². The highest BCUT2D eigenvalue weighted by Crippen LogP contribution is 2.25. The highest BCUT2D eigenvalue weighted by Gasteiger charge is 2.32. The number of rotatable bonds is 5. The van der Waals surface area contributed by atoms with Crippen molar-refractivity contribution >= 4 is 23.1 Å². The number of hydrogen-bond donors (Lipinski definition) is 2. The summed E-state index contributed by atoms with van der Waals surface area (Å²) in [6.07, 6.45) is 0. The molecule has 0 aromatic rings. The van der Waals surface area contributed by atoms with Crippen LogP contribution in [0.1, 0.15) is 41.5 Å². The van der Waals surface area contributed by atoms with E-state index in [0.29, 0.717) is 12.5 Å². The molecule has 0 heterocycles. The average Bonchev–Trinajstić information content (AvgIpc) is 2.13. The SMILES string of the molecule is CC(C)C(C)(C)CNC(=O)C(C)(C)C(N)=S. The largest absolute Gasteiger partial charge is 0.392 e. The normalized spacial score (nSPS) is 12.7. The number of carbonyl (C=O) groups excluding carboxylic acids is 1. The Bertz CT molecular complexity index is 283. The van der Waals surface area contributed by atoms with Gasteiger partial charge in [-0.1, -0.05) is 39.9 Å². The summed E-state index contributed by atoms with van der Waals surface area (Å²) >= 11 is 4.88. The van der Waals surface area contributed by atoms with Gasteiger partial charge in [0.15, 0.2) is 0 Å². The number of thiocarbonyl (C=S) groups is 1. The Hall–Kier alpha value is -0.640. The van der Waals surface area contributed by atoms with Crippen LogP contribution in [0.4, 0.5) is 0 Å². The average molecular weight is 244 g/mol. The molecular weight excluding hydrogens is 220 g/mol. The molecule has 0 aromatic carbocycles. The van der Waals surface area contributed by atoms with Crippen LogP contribution in [0.15, 0.2) is 0 Å². The zero-order chi connectivity index (χ0) is 13.1. The van der Waals surface area contributed by atoms with Crippen LogP contribution in [0.5, 0.6) is 0 Å². The Morgan fingerprint density at radius 2 is 1.75 bits per heavy atom. The van der Waals surface area contributed by atoms with Gasteiger partial charge in [-0.2, -0.15) is 0 Å². The molecule has 4 heteroatoms. The smallest absolute Gasteiger partial charge is 0.232 e. The van der Waals surface area contributed by atoms with Crippen LogP contribution in [-0.2, 0) is 4.79 Å². The van der Waals surface area contributed by atoms with Crippen molar-refractivity contribution in [3.05, 3.63) is 0 Å². The molecule has 0 fully saturated rings. The lowest BCUT2D eigenvalue weighted by atomic mass is 9.81. The molecule has 94 valence electrons. The molecule has 0 saturated carbocycles. The van der Waals surface area contributed by atoms with Gasteiger partial charge in [0.1, 0.15) is 0 Å². The van der Waals surface area contributed by atoms with E-state index in [0.717, 1.165) is 0 Å². The molecule has 1 amide bonds. The second kappa shape index (κ2) is 5.13. The third-order valence-corrected chi connectivity index (χ3v) is 3.96. The van der Waals surface area contributed by atoms with Crippen molar-refractivity contribution in [2.24, 2.45) is 22.5 Å². The molecule has 0 unspecified atom stereocenters. The lowest BCUT2D eigenvalue weighted by Crippen LogP contribution is -2.48. The van der Waals surface area contributed by atoms with Gasteiger partial charge in [0.25, 0.3) is 0 Å². The summed E-state index contributed by atoms with van der Waals surface area (Å²) < 4.78 is 0. The van der Waals surface area contributed by atoms with Crippen LogP contribution in [0.25, 0.3) is 0 Å². The Morgan fingerprint density at radius 3 is 2.06 bits per heavy atom. The van der Waals surface area contributed by atoms with Crippen LogP contribution in [-0.4, -0.2) is 17.4 Å². The molecule has 16 heavy (non-hydrogen) atoms. The van der Waals surface area contributed by atoms with Crippen molar-refractivity contribution in [2.45, 2.75) is 41.5 Å². The van der Waals surface area contributed by atoms with Gasteiger partial charge in [-0.15, -0.1) is 0 Å². The zero-order valence-electron chi connectivity index (χ0n) is 11.2. The fourth-order valence-electron chi connectivity index (χ4n) is 0.845. The van der Waals surface area contributed by atoms with Crippen molar-refractivity contribution < 1.29 is 4.79 Å². The zero-order valence-corrected chi connectivity index (χ0v) is 12.0. The third kappa shape index (κ3) is 3.74. The standard InChI is InChI=1S/C12H24N2OS/c1-8(2)11(3,4)7-14-10(15)12(5,6)9(13)16/h8H,7H2,1-6H3,(H2,13,16)(H,14,15). The van der Waals surface area contributed by atoms with E-state index < -0.39 is 5.41 Å². The first-order valence-corrected chi connectivity index (χ1v) is 6.01. The maximum Gasteiger partial charge on any atom is 0.232 e. The van der Waals surface area contributed by atoms with Crippen LogP contribution < -0.4 is 11.1 Å². The molecule has 0 atom stereocenters. The number of nitrogens with two attached hydrogens (primary N) is 1. The van der Waals surface area contributed by atoms with Crippen LogP contribution in [0.3, 0.4) is 0 Å². The molecular formula is C12H24N2OS. The molecule has 3 nitrogen and oxygen atoms in total. The molecule has 0 bridgehead atoms. The minimum absolute atomic E-state index is 0.0714. The van der Waals surface area contributed by atoms with E-state index in [1.807, 2.05) is 0 Å². The first-order valence-electron chi connectivity index (χ1n) is 5.60. The Balaban J connectivity index is 4.45. The number of amides is 1. The van der Waals surface area contributed by atoms with Gasteiger partial charge in [0, 0.05) is 6.54 Å². The second-order valence-corrected chi connectivity index (χ2v) is 6.26. The predicted octanol–water partition coefficient (Wildman–Crippen LogP) is 2.10. The van der Waals surface area contributed by atoms with Crippen molar-refractivity contribution in [3.63, 3.8) is 0 Å². The lowest BCUT2D eigenvalue weighted by Gasteiger charge is -2.31. The van der Waals surface area contributed by atoms with Crippen LogP contribution in [0.2, 0.25) is 0 Å². The third-order valence-electron chi connectivity index (χ3n) is 3.45. The summed E-state index contributed by atoms with van der Waals surface area (Å²) in [6, 6.07) is 0. The molecule has 0 rings (SSSR count). The van der Waals surface area contributed by atoms with Crippen molar-refractivity contribution in [1.29, 1.82) is 0 Å². The van der Waals surface area contributed by atoms with Crippen molar-refractivity contribution in [2.75, 3.05) is 6.54 Å². The highest BCUT2D eigenvalue weighted by molar-refractivity contribution is 7.80. The van der Waals surface area contributed by atoms with Gasteiger partial charge in [-0.25, -0.2) is 0 Å². The fourth-order valence-corrected chi connectivity index (χ4v) is 0.938. The molecule has 0 aliphatic carbocycles. The van der Waals surface area contributed by atoms with Gasteiger partial charge in [0.05, 0.1) is 10.4 Å². The second-order valence-electron chi connectivity index (χ2n) is 5.82.